The monoisotopic (exact) mass is 355 g/mol. The predicted molar refractivity (Wildman–Crippen MR) is 97.5 cm³/mol. The summed E-state index contributed by atoms with van der Waals surface area (Å²) in [6, 6.07) is 10.4. The van der Waals surface area contributed by atoms with Crippen molar-refractivity contribution >= 4 is 23.3 Å². The van der Waals surface area contributed by atoms with Crippen LogP contribution in [0.4, 0.5) is 10.5 Å². The van der Waals surface area contributed by atoms with E-state index in [4.69, 9.17) is 11.6 Å². The lowest BCUT2D eigenvalue weighted by Crippen LogP contribution is -2.36. The Kier molecular flexibility index (Phi) is 5.00. The molecule has 0 saturated heterocycles. The van der Waals surface area contributed by atoms with Crippen molar-refractivity contribution in [2.45, 2.75) is 6.04 Å². The molecule has 0 aliphatic carbocycles. The van der Waals surface area contributed by atoms with Crippen LogP contribution in [0.2, 0.25) is 5.02 Å². The van der Waals surface area contributed by atoms with Gasteiger partial charge in [0, 0.05) is 37.7 Å². The molecule has 3 rings (SSSR count). The van der Waals surface area contributed by atoms with Crippen LogP contribution in [0.25, 0.3) is 0 Å². The van der Waals surface area contributed by atoms with Crippen LogP contribution >= 0.6 is 11.6 Å². The first-order valence-electron chi connectivity index (χ1n) is 7.73. The number of rotatable bonds is 4. The molecule has 2 amide bonds. The van der Waals surface area contributed by atoms with Gasteiger partial charge in [-0.3, -0.25) is 4.98 Å². The van der Waals surface area contributed by atoms with E-state index in [1.807, 2.05) is 29.9 Å². The Labute approximate surface area is 151 Å². The number of hydrogen-bond donors (Lipinski definition) is 1. The number of imidazole rings is 1. The number of pyridine rings is 1. The van der Waals surface area contributed by atoms with Crippen molar-refractivity contribution in [3.8, 4) is 0 Å². The van der Waals surface area contributed by atoms with Gasteiger partial charge in [0.15, 0.2) is 0 Å². The average Bonchev–Trinajstić information content (AvgIpc) is 3.03. The maximum absolute atomic E-state index is 12.7. The zero-order valence-electron chi connectivity index (χ0n) is 13.9. The highest BCUT2D eigenvalue weighted by molar-refractivity contribution is 6.30. The minimum Gasteiger partial charge on any atom is -0.336 e. The second-order valence-electron chi connectivity index (χ2n) is 5.63. The summed E-state index contributed by atoms with van der Waals surface area (Å²) in [5.41, 5.74) is 1.55. The number of aryl methyl sites for hydroxylation is 1. The van der Waals surface area contributed by atoms with Gasteiger partial charge in [-0.1, -0.05) is 23.7 Å². The van der Waals surface area contributed by atoms with Crippen molar-refractivity contribution in [1.82, 2.24) is 19.4 Å². The van der Waals surface area contributed by atoms with Gasteiger partial charge in [0.1, 0.15) is 11.9 Å². The molecule has 25 heavy (non-hydrogen) atoms. The molecule has 0 spiro atoms. The molecule has 1 N–H and O–H groups in total. The fraction of sp³-hybridized carbons (Fsp3) is 0.167. The summed E-state index contributed by atoms with van der Waals surface area (Å²) in [5, 5.41) is 3.49. The van der Waals surface area contributed by atoms with E-state index in [2.05, 4.69) is 15.3 Å². The minimum absolute atomic E-state index is 0.254. The number of urea groups is 1. The van der Waals surface area contributed by atoms with Crippen LogP contribution in [0.1, 0.15) is 17.4 Å². The van der Waals surface area contributed by atoms with Crippen LogP contribution in [-0.2, 0) is 7.05 Å². The molecule has 7 heteroatoms. The Morgan fingerprint density at radius 1 is 1.24 bits per heavy atom. The van der Waals surface area contributed by atoms with E-state index in [9.17, 15) is 4.79 Å². The zero-order valence-corrected chi connectivity index (χ0v) is 14.7. The standard InChI is InChI=1S/C18H18ClN5O/c1-23-11-10-21-17(23)16(13-5-7-14(19)8-6-13)24(2)18(25)22-15-4-3-9-20-12-15/h3-12,16H,1-2H3,(H,22,25). The fourth-order valence-electron chi connectivity index (χ4n) is 2.60. The van der Waals surface area contributed by atoms with Gasteiger partial charge in [0.05, 0.1) is 11.9 Å². The summed E-state index contributed by atoms with van der Waals surface area (Å²) < 4.78 is 1.90. The highest BCUT2D eigenvalue weighted by Crippen LogP contribution is 2.28. The van der Waals surface area contributed by atoms with Gasteiger partial charge in [-0.15, -0.1) is 0 Å². The summed E-state index contributed by atoms with van der Waals surface area (Å²) in [5.74, 6) is 0.756. The lowest BCUT2D eigenvalue weighted by Gasteiger charge is -2.28. The Morgan fingerprint density at radius 2 is 2.00 bits per heavy atom. The molecule has 1 atom stereocenters. The maximum atomic E-state index is 12.7. The van der Waals surface area contributed by atoms with E-state index < -0.39 is 0 Å². The lowest BCUT2D eigenvalue weighted by molar-refractivity contribution is 0.209. The van der Waals surface area contributed by atoms with Gasteiger partial charge >= 0.3 is 6.03 Å². The summed E-state index contributed by atoms with van der Waals surface area (Å²) >= 11 is 6.00. The zero-order chi connectivity index (χ0) is 17.8. The van der Waals surface area contributed by atoms with Gasteiger partial charge in [0.25, 0.3) is 0 Å². The first-order valence-corrected chi connectivity index (χ1v) is 8.10. The molecular formula is C18H18ClN5O. The molecular weight excluding hydrogens is 338 g/mol. The van der Waals surface area contributed by atoms with E-state index in [0.29, 0.717) is 10.7 Å². The van der Waals surface area contributed by atoms with Crippen LogP contribution in [0.15, 0.2) is 61.2 Å². The quantitative estimate of drug-likeness (QED) is 0.775. The van der Waals surface area contributed by atoms with Crippen LogP contribution in [0.5, 0.6) is 0 Å². The Bertz CT molecular complexity index is 847. The summed E-state index contributed by atoms with van der Waals surface area (Å²) in [4.78, 5) is 22.8. The van der Waals surface area contributed by atoms with Gasteiger partial charge in [0.2, 0.25) is 0 Å². The predicted octanol–water partition coefficient (Wildman–Crippen LogP) is 3.72. The van der Waals surface area contributed by atoms with Gasteiger partial charge in [-0.25, -0.2) is 9.78 Å². The van der Waals surface area contributed by atoms with E-state index in [0.717, 1.165) is 11.4 Å². The van der Waals surface area contributed by atoms with Gasteiger partial charge in [-0.2, -0.15) is 0 Å². The summed E-state index contributed by atoms with van der Waals surface area (Å²) in [6.45, 7) is 0. The fourth-order valence-corrected chi connectivity index (χ4v) is 2.72. The number of anilines is 1. The van der Waals surface area contributed by atoms with Crippen LogP contribution in [-0.4, -0.2) is 32.5 Å². The lowest BCUT2D eigenvalue weighted by atomic mass is 10.1. The van der Waals surface area contributed by atoms with E-state index >= 15 is 0 Å². The molecule has 2 aromatic heterocycles. The number of carbonyl (C=O) groups excluding carboxylic acids is 1. The number of hydrogen-bond acceptors (Lipinski definition) is 3. The Balaban J connectivity index is 1.92. The molecule has 0 aliphatic rings. The van der Waals surface area contributed by atoms with Crippen LogP contribution in [0.3, 0.4) is 0 Å². The Morgan fingerprint density at radius 3 is 2.60 bits per heavy atom. The minimum atomic E-state index is -0.353. The largest absolute Gasteiger partial charge is 0.336 e. The van der Waals surface area contributed by atoms with Gasteiger partial charge < -0.3 is 14.8 Å². The number of aromatic nitrogens is 3. The number of benzene rings is 1. The van der Waals surface area contributed by atoms with Crippen LogP contribution in [0, 0.1) is 0 Å². The second kappa shape index (κ2) is 7.36. The van der Waals surface area contributed by atoms with E-state index in [-0.39, 0.29) is 12.1 Å². The normalized spacial score (nSPS) is 11.8. The molecule has 3 aromatic rings. The van der Waals surface area contributed by atoms with Crippen molar-refractivity contribution in [1.29, 1.82) is 0 Å². The number of nitrogens with one attached hydrogen (secondary N) is 1. The molecule has 1 unspecified atom stereocenters. The third kappa shape index (κ3) is 3.80. The van der Waals surface area contributed by atoms with Crippen molar-refractivity contribution < 1.29 is 4.79 Å². The highest BCUT2D eigenvalue weighted by Gasteiger charge is 2.26. The number of carbonyl (C=O) groups is 1. The average molecular weight is 356 g/mol. The molecule has 0 radical (unpaired) electrons. The Hall–Kier alpha value is -2.86. The molecule has 1 aromatic carbocycles. The van der Waals surface area contributed by atoms with Crippen molar-refractivity contribution in [3.63, 3.8) is 0 Å². The third-order valence-corrected chi connectivity index (χ3v) is 4.16. The highest BCUT2D eigenvalue weighted by atomic mass is 35.5. The van der Waals surface area contributed by atoms with E-state index in [1.165, 1.54) is 0 Å². The third-order valence-electron chi connectivity index (χ3n) is 3.91. The molecule has 128 valence electrons. The molecule has 2 heterocycles. The maximum Gasteiger partial charge on any atom is 0.322 e. The van der Waals surface area contributed by atoms with E-state index in [1.54, 1.807) is 54.8 Å². The van der Waals surface area contributed by atoms with Crippen LogP contribution < -0.4 is 5.32 Å². The smallest absolute Gasteiger partial charge is 0.322 e. The SMILES string of the molecule is CN(C(=O)Nc1cccnc1)C(c1ccc(Cl)cc1)c1nccn1C. The second-order valence-corrected chi connectivity index (χ2v) is 6.07. The molecule has 6 nitrogen and oxygen atoms in total. The summed E-state index contributed by atoms with van der Waals surface area (Å²) in [7, 11) is 3.64. The first-order chi connectivity index (χ1) is 12.1. The van der Waals surface area contributed by atoms with Crippen molar-refractivity contribution in [3.05, 3.63) is 77.6 Å². The van der Waals surface area contributed by atoms with Gasteiger partial charge in [-0.05, 0) is 29.8 Å². The molecule has 0 bridgehead atoms. The molecule has 0 saturated carbocycles. The summed E-state index contributed by atoms with van der Waals surface area (Å²) in [6.07, 6.45) is 6.82. The molecule has 0 fully saturated rings. The molecule has 0 aliphatic heterocycles. The number of amides is 2. The van der Waals surface area contributed by atoms with Crippen molar-refractivity contribution in [2.75, 3.05) is 12.4 Å². The number of halogens is 1. The van der Waals surface area contributed by atoms with Crippen molar-refractivity contribution in [2.24, 2.45) is 7.05 Å². The number of nitrogens with zero attached hydrogens (tertiary/aromatic N) is 4. The topological polar surface area (TPSA) is 63.1 Å². The first kappa shape index (κ1) is 17.0.